The fourth-order valence-electron chi connectivity index (χ4n) is 2.94. The van der Waals surface area contributed by atoms with E-state index in [1.807, 2.05) is 30.2 Å². The number of fused-ring (bicyclic) bond motifs is 1. The van der Waals surface area contributed by atoms with Gasteiger partial charge in [-0.25, -0.2) is 4.98 Å². The number of rotatable bonds is 5. The number of thioether (sulfide) groups is 1. The average Bonchev–Trinajstić information content (AvgIpc) is 3.25. The number of nitrogens with one attached hydrogen (secondary N) is 1. The van der Waals surface area contributed by atoms with E-state index in [0.29, 0.717) is 5.25 Å². The van der Waals surface area contributed by atoms with Gasteiger partial charge in [-0.3, -0.25) is 4.40 Å². The van der Waals surface area contributed by atoms with Crippen molar-refractivity contribution >= 4 is 23.2 Å². The van der Waals surface area contributed by atoms with Crippen molar-refractivity contribution in [3.05, 3.63) is 54.1 Å². The quantitative estimate of drug-likeness (QED) is 0.779. The summed E-state index contributed by atoms with van der Waals surface area (Å²) >= 11 is 1.97. The predicted octanol–water partition coefficient (Wildman–Crippen LogP) is 3.35. The van der Waals surface area contributed by atoms with Crippen LogP contribution < -0.4 is 5.32 Å². The van der Waals surface area contributed by atoms with Crippen LogP contribution in [-0.4, -0.2) is 31.9 Å². The summed E-state index contributed by atoms with van der Waals surface area (Å²) in [5, 5.41) is 12.6. The normalized spacial score (nSPS) is 17.7. The molecule has 5 nitrogen and oxygen atoms in total. The van der Waals surface area contributed by atoms with Crippen molar-refractivity contribution in [3.8, 4) is 0 Å². The Hall–Kier alpha value is -2.08. The zero-order chi connectivity index (χ0) is 15.5. The fourth-order valence-corrected chi connectivity index (χ4v) is 4.20. The molecule has 0 bridgehead atoms. The van der Waals surface area contributed by atoms with E-state index in [1.54, 1.807) is 0 Å². The van der Waals surface area contributed by atoms with E-state index in [4.69, 9.17) is 0 Å². The average molecular weight is 325 g/mol. The third kappa shape index (κ3) is 3.03. The molecule has 0 spiro atoms. The summed E-state index contributed by atoms with van der Waals surface area (Å²) in [6, 6.07) is 10.5. The topological polar surface area (TPSA) is 55.1 Å². The molecule has 1 aliphatic rings. The first kappa shape index (κ1) is 14.5. The lowest BCUT2D eigenvalue weighted by atomic mass is 10.1. The van der Waals surface area contributed by atoms with E-state index in [1.165, 1.54) is 24.2 Å². The molecule has 0 amide bonds. The van der Waals surface area contributed by atoms with Crippen LogP contribution >= 0.6 is 11.8 Å². The third-order valence-electron chi connectivity index (χ3n) is 4.12. The van der Waals surface area contributed by atoms with Gasteiger partial charge in [0, 0.05) is 18.9 Å². The molecular formula is C17H19N5S. The molecule has 1 fully saturated rings. The van der Waals surface area contributed by atoms with Gasteiger partial charge in [-0.05, 0) is 30.6 Å². The molecule has 0 aliphatic carbocycles. The van der Waals surface area contributed by atoms with Gasteiger partial charge in [-0.15, -0.1) is 10.2 Å². The monoisotopic (exact) mass is 325 g/mol. The Morgan fingerprint density at radius 2 is 2.13 bits per heavy atom. The number of hydrogen-bond acceptors (Lipinski definition) is 5. The third-order valence-corrected chi connectivity index (χ3v) is 5.49. The number of aromatic nitrogens is 4. The van der Waals surface area contributed by atoms with Gasteiger partial charge in [0.15, 0.2) is 11.6 Å². The van der Waals surface area contributed by atoms with Crippen LogP contribution in [0.2, 0.25) is 0 Å². The van der Waals surface area contributed by atoms with Crippen molar-refractivity contribution in [2.45, 2.75) is 24.5 Å². The van der Waals surface area contributed by atoms with Crippen LogP contribution in [0.4, 0.5) is 5.82 Å². The van der Waals surface area contributed by atoms with E-state index in [0.717, 1.165) is 30.3 Å². The van der Waals surface area contributed by atoms with Gasteiger partial charge in [0.1, 0.15) is 0 Å². The molecule has 1 aromatic carbocycles. The summed E-state index contributed by atoms with van der Waals surface area (Å²) in [5.41, 5.74) is 2.14. The standard InChI is InChI=1S/C17H19N5S/c1-2-5-13(6-3-1)8-9-18-15-17-21-20-16(14-7-4-12-23-14)22(17)11-10-19-15/h1-3,5-6,10-11,14H,4,7-9,12H2,(H,18,19)/t14-/m0/s1. The van der Waals surface area contributed by atoms with Crippen molar-refractivity contribution in [2.75, 3.05) is 17.6 Å². The lowest BCUT2D eigenvalue weighted by Gasteiger charge is -2.08. The number of hydrogen-bond donors (Lipinski definition) is 1. The first-order valence-electron chi connectivity index (χ1n) is 8.01. The first-order chi connectivity index (χ1) is 11.4. The highest BCUT2D eigenvalue weighted by molar-refractivity contribution is 7.99. The first-order valence-corrected chi connectivity index (χ1v) is 9.06. The van der Waals surface area contributed by atoms with Crippen molar-refractivity contribution in [3.63, 3.8) is 0 Å². The smallest absolute Gasteiger partial charge is 0.203 e. The SMILES string of the molecule is c1ccc(CCNc2nccn3c([C@@H]4CCCS4)nnc23)cc1. The van der Waals surface area contributed by atoms with Crippen molar-refractivity contribution in [1.82, 2.24) is 19.6 Å². The van der Waals surface area contributed by atoms with E-state index in [9.17, 15) is 0 Å². The maximum atomic E-state index is 4.44. The molecule has 0 radical (unpaired) electrons. The minimum atomic E-state index is 0.463. The molecule has 23 heavy (non-hydrogen) atoms. The highest BCUT2D eigenvalue weighted by Gasteiger charge is 2.23. The molecule has 3 aromatic rings. The Labute approximate surface area is 139 Å². The Bertz CT molecular complexity index is 780. The summed E-state index contributed by atoms with van der Waals surface area (Å²) < 4.78 is 2.08. The number of nitrogens with zero attached hydrogens (tertiary/aromatic N) is 4. The summed E-state index contributed by atoms with van der Waals surface area (Å²) in [7, 11) is 0. The molecule has 3 heterocycles. The summed E-state index contributed by atoms with van der Waals surface area (Å²) in [5.74, 6) is 3.08. The summed E-state index contributed by atoms with van der Waals surface area (Å²) in [6.45, 7) is 0.830. The molecule has 0 unspecified atom stereocenters. The zero-order valence-electron chi connectivity index (χ0n) is 12.9. The van der Waals surface area contributed by atoms with Crippen LogP contribution in [0.15, 0.2) is 42.7 Å². The van der Waals surface area contributed by atoms with Gasteiger partial charge < -0.3 is 5.32 Å². The van der Waals surface area contributed by atoms with E-state index in [2.05, 4.69) is 49.2 Å². The summed E-state index contributed by atoms with van der Waals surface area (Å²) in [4.78, 5) is 4.44. The number of benzene rings is 1. The van der Waals surface area contributed by atoms with Crippen LogP contribution in [0.3, 0.4) is 0 Å². The van der Waals surface area contributed by atoms with Gasteiger partial charge in [-0.1, -0.05) is 30.3 Å². The van der Waals surface area contributed by atoms with Crippen LogP contribution in [-0.2, 0) is 6.42 Å². The van der Waals surface area contributed by atoms with E-state index in [-0.39, 0.29) is 0 Å². The molecular weight excluding hydrogens is 306 g/mol. The van der Waals surface area contributed by atoms with Gasteiger partial charge in [0.2, 0.25) is 5.65 Å². The molecule has 6 heteroatoms. The zero-order valence-corrected chi connectivity index (χ0v) is 13.7. The minimum Gasteiger partial charge on any atom is -0.367 e. The highest BCUT2D eigenvalue weighted by Crippen LogP contribution is 2.39. The van der Waals surface area contributed by atoms with Crippen LogP contribution in [0.5, 0.6) is 0 Å². The molecule has 1 N–H and O–H groups in total. The maximum absolute atomic E-state index is 4.44. The van der Waals surface area contributed by atoms with E-state index < -0.39 is 0 Å². The predicted molar refractivity (Wildman–Crippen MR) is 93.9 cm³/mol. The minimum absolute atomic E-state index is 0.463. The van der Waals surface area contributed by atoms with Gasteiger partial charge in [-0.2, -0.15) is 11.8 Å². The molecule has 2 aromatic heterocycles. The second-order valence-electron chi connectivity index (χ2n) is 5.69. The lowest BCUT2D eigenvalue weighted by molar-refractivity contribution is 0.765. The molecule has 1 saturated heterocycles. The molecule has 0 saturated carbocycles. The van der Waals surface area contributed by atoms with Crippen molar-refractivity contribution in [1.29, 1.82) is 0 Å². The number of anilines is 1. The Morgan fingerprint density at radius 1 is 1.22 bits per heavy atom. The van der Waals surface area contributed by atoms with Crippen LogP contribution in [0.25, 0.3) is 5.65 Å². The van der Waals surface area contributed by atoms with Gasteiger partial charge in [0.25, 0.3) is 0 Å². The van der Waals surface area contributed by atoms with Crippen molar-refractivity contribution in [2.24, 2.45) is 0 Å². The van der Waals surface area contributed by atoms with Gasteiger partial charge in [0.05, 0.1) is 5.25 Å². The molecule has 1 atom stereocenters. The molecule has 118 valence electrons. The largest absolute Gasteiger partial charge is 0.367 e. The second-order valence-corrected chi connectivity index (χ2v) is 7.00. The molecule has 1 aliphatic heterocycles. The maximum Gasteiger partial charge on any atom is 0.203 e. The van der Waals surface area contributed by atoms with Gasteiger partial charge >= 0.3 is 0 Å². The van der Waals surface area contributed by atoms with E-state index >= 15 is 0 Å². The Morgan fingerprint density at radius 3 is 2.96 bits per heavy atom. The Kier molecular flexibility index (Phi) is 4.15. The summed E-state index contributed by atoms with van der Waals surface area (Å²) in [6.07, 6.45) is 7.20. The molecule has 4 rings (SSSR count). The fraction of sp³-hybridized carbons (Fsp3) is 0.353. The van der Waals surface area contributed by atoms with Crippen molar-refractivity contribution < 1.29 is 0 Å². The second kappa shape index (κ2) is 6.58. The van der Waals surface area contributed by atoms with Crippen LogP contribution in [0, 0.1) is 0 Å². The van der Waals surface area contributed by atoms with Crippen LogP contribution in [0.1, 0.15) is 29.5 Å². The lowest BCUT2D eigenvalue weighted by Crippen LogP contribution is -2.08. The highest BCUT2D eigenvalue weighted by atomic mass is 32.2. The Balaban J connectivity index is 1.51.